The van der Waals surface area contributed by atoms with Gasteiger partial charge in [0.05, 0.1) is 104 Å². The second-order valence-corrected chi connectivity index (χ2v) is 28.6. The Kier molecular flexibility index (Phi) is 20.5. The molecule has 25 nitrogen and oxygen atoms in total. The normalized spacial score (nSPS) is 15.1. The van der Waals surface area contributed by atoms with Crippen molar-refractivity contribution in [3.63, 3.8) is 0 Å². The number of fused-ring (bicyclic) bond motifs is 12. The molecule has 4 aliphatic rings. The molecule has 12 heterocycles. The molecule has 29 heteroatoms. The summed E-state index contributed by atoms with van der Waals surface area (Å²) < 4.78 is 77.3. The van der Waals surface area contributed by atoms with Gasteiger partial charge >= 0.3 is 0 Å². The van der Waals surface area contributed by atoms with E-state index in [4.69, 9.17) is 9.47 Å². The zero-order valence-electron chi connectivity index (χ0n) is 62.8. The Hall–Kier alpha value is -13.0. The van der Waals surface area contributed by atoms with Crippen LogP contribution in [0, 0.1) is 30.2 Å². The van der Waals surface area contributed by atoms with Gasteiger partial charge in [0.1, 0.15) is 33.8 Å². The van der Waals surface area contributed by atoms with Gasteiger partial charge in [-0.1, -0.05) is 54.6 Å². The zero-order valence-corrected chi connectivity index (χ0v) is 62.8. The lowest BCUT2D eigenvalue weighted by Crippen LogP contribution is -2.45. The number of halogens is 4. The molecule has 0 aliphatic carbocycles. The van der Waals surface area contributed by atoms with Crippen LogP contribution in [-0.2, 0) is 4.74 Å². The number of pyridine rings is 4. The SMILES string of the molecule is COc1ccc(-n2[nH]c3c(cnc4c(F)c(N5CCN(C)CC5)c(F)cc43)c2=O)cc1.Cc1cc2c(cc1N1CCCNCC1)ncc1c(=O)n(-c3ccccc3)[nH]c12.O=c1c2cnc3c(F)c(N4CCCNCC4)ccc3c2[nH]n1-c1ccccc1.O=c1c2cnc3c(F)c(N4CCOCC4)ccc3c2[nH]n1-c1ccccc1. The average molecular weight is 1540 g/mol. The summed E-state index contributed by atoms with van der Waals surface area (Å²) in [5.74, 6) is -1.43. The number of aromatic nitrogens is 12. The number of rotatable bonds is 9. The van der Waals surface area contributed by atoms with E-state index in [1.54, 1.807) is 59.3 Å². The number of morpholine rings is 1. The number of hydrogen-bond acceptors (Lipinski definition) is 17. The van der Waals surface area contributed by atoms with E-state index >= 15 is 17.6 Å². The van der Waals surface area contributed by atoms with Crippen LogP contribution in [0.4, 0.5) is 40.3 Å². The summed E-state index contributed by atoms with van der Waals surface area (Å²) in [7, 11) is 3.54. The van der Waals surface area contributed by atoms with Crippen LogP contribution in [0.5, 0.6) is 5.75 Å². The topological polar surface area (TPSA) is 261 Å². The number of aromatic amines is 4. The molecular formula is C85H81F4N19O6. The third kappa shape index (κ3) is 14.0. The number of methoxy groups -OCH3 is 1. The van der Waals surface area contributed by atoms with E-state index in [2.05, 4.69) is 84.7 Å². The van der Waals surface area contributed by atoms with Crippen LogP contribution in [0.2, 0.25) is 0 Å². The molecular weight excluding hydrogens is 1460 g/mol. The van der Waals surface area contributed by atoms with Gasteiger partial charge in [-0.25, -0.2) is 36.3 Å². The van der Waals surface area contributed by atoms with Crippen molar-refractivity contribution in [3.8, 4) is 28.5 Å². The lowest BCUT2D eigenvalue weighted by atomic mass is 10.1. The van der Waals surface area contributed by atoms with E-state index in [9.17, 15) is 19.2 Å². The fourth-order valence-electron chi connectivity index (χ4n) is 15.6. The van der Waals surface area contributed by atoms with Gasteiger partial charge in [0, 0.05) is 131 Å². The Bertz CT molecular complexity index is 6400. The van der Waals surface area contributed by atoms with E-state index in [1.807, 2.05) is 115 Å². The van der Waals surface area contributed by atoms with E-state index in [1.165, 1.54) is 50.0 Å². The van der Waals surface area contributed by atoms with Crippen molar-refractivity contribution in [2.24, 2.45) is 0 Å². The number of ether oxygens (including phenoxy) is 2. The number of aryl methyl sites for hydroxylation is 1. The second kappa shape index (κ2) is 31.7. The number of nitrogens with one attached hydrogen (secondary N) is 6. The monoisotopic (exact) mass is 1540 g/mol. The summed E-state index contributed by atoms with van der Waals surface area (Å²) in [6, 6.07) is 47.9. The van der Waals surface area contributed by atoms with Gasteiger partial charge in [0.2, 0.25) is 0 Å². The summed E-state index contributed by atoms with van der Waals surface area (Å²) in [5, 5.41) is 23.5. The van der Waals surface area contributed by atoms with Gasteiger partial charge in [-0.3, -0.25) is 59.5 Å². The number of anilines is 4. The number of H-pyrrole nitrogens is 4. The molecule has 0 radical (unpaired) electrons. The average Bonchev–Trinajstić information content (AvgIpc) is 1.64. The van der Waals surface area contributed by atoms with Gasteiger partial charge in [0.15, 0.2) is 17.5 Å². The molecule has 4 fully saturated rings. The van der Waals surface area contributed by atoms with E-state index in [-0.39, 0.29) is 66.9 Å². The minimum absolute atomic E-state index is 0.0333. The molecule has 6 N–H and O–H groups in total. The Morgan fingerprint density at radius 3 is 1.26 bits per heavy atom. The highest BCUT2D eigenvalue weighted by Gasteiger charge is 2.28. The largest absolute Gasteiger partial charge is 0.497 e. The number of piperazine rings is 1. The Morgan fingerprint density at radius 2 is 0.798 bits per heavy atom. The number of hydrogen-bond donors (Lipinski definition) is 6. The molecule has 0 unspecified atom stereocenters. The van der Waals surface area contributed by atoms with Crippen LogP contribution in [0.25, 0.3) is 110 Å². The zero-order chi connectivity index (χ0) is 78.3. The summed E-state index contributed by atoms with van der Waals surface area (Å²) in [6.07, 6.45) is 8.05. The van der Waals surface area contributed by atoms with Crippen LogP contribution in [0.1, 0.15) is 18.4 Å². The van der Waals surface area contributed by atoms with Crippen LogP contribution < -0.4 is 57.2 Å². The van der Waals surface area contributed by atoms with E-state index < -0.39 is 11.6 Å². The lowest BCUT2D eigenvalue weighted by Gasteiger charge is -2.34. The van der Waals surface area contributed by atoms with Gasteiger partial charge < -0.3 is 44.6 Å². The molecule has 4 saturated heterocycles. The first-order valence-corrected chi connectivity index (χ1v) is 38.1. The van der Waals surface area contributed by atoms with Crippen molar-refractivity contribution in [2.45, 2.75) is 19.8 Å². The second-order valence-electron chi connectivity index (χ2n) is 28.6. The maximum atomic E-state index is 15.4. The predicted octanol–water partition coefficient (Wildman–Crippen LogP) is 11.5. The number of nitrogens with zero attached hydrogens (tertiary/aromatic N) is 13. The third-order valence-electron chi connectivity index (χ3n) is 21.7. The van der Waals surface area contributed by atoms with Crippen LogP contribution in [0.15, 0.2) is 202 Å². The third-order valence-corrected chi connectivity index (χ3v) is 21.7. The molecule has 16 aromatic rings. The molecule has 0 atom stereocenters. The van der Waals surface area contributed by atoms with Gasteiger partial charge in [-0.05, 0) is 149 Å². The maximum Gasteiger partial charge on any atom is 0.280 e. The summed E-state index contributed by atoms with van der Waals surface area (Å²) >= 11 is 0. The van der Waals surface area contributed by atoms with Crippen molar-refractivity contribution in [1.29, 1.82) is 0 Å². The first-order valence-electron chi connectivity index (χ1n) is 38.1. The first kappa shape index (κ1) is 73.8. The van der Waals surface area contributed by atoms with Gasteiger partial charge in [0.25, 0.3) is 22.2 Å². The van der Waals surface area contributed by atoms with E-state index in [0.29, 0.717) is 106 Å². The van der Waals surface area contributed by atoms with Crippen molar-refractivity contribution >= 4 is 110 Å². The first-order chi connectivity index (χ1) is 55.7. The molecule has 0 amide bonds. The molecule has 8 aromatic carbocycles. The van der Waals surface area contributed by atoms with Crippen molar-refractivity contribution in [1.82, 2.24) is 74.6 Å². The summed E-state index contributed by atoms with van der Waals surface area (Å²) in [6.45, 7) is 14.5. The minimum atomic E-state index is -0.709. The number of para-hydroxylation sites is 3. The molecule has 0 saturated carbocycles. The van der Waals surface area contributed by atoms with Crippen molar-refractivity contribution in [3.05, 3.63) is 253 Å². The fourth-order valence-corrected chi connectivity index (χ4v) is 15.6. The quantitative estimate of drug-likeness (QED) is 0.0734. The van der Waals surface area contributed by atoms with Crippen molar-refractivity contribution in [2.75, 3.05) is 139 Å². The molecule has 4 aliphatic heterocycles. The number of benzene rings is 8. The molecule has 8 aromatic heterocycles. The Morgan fingerprint density at radius 1 is 0.386 bits per heavy atom. The lowest BCUT2D eigenvalue weighted by molar-refractivity contribution is 0.122. The number of likely N-dealkylation sites (N-methyl/N-ethyl adjacent to an activating group) is 1. The predicted molar refractivity (Wildman–Crippen MR) is 440 cm³/mol. The van der Waals surface area contributed by atoms with Crippen LogP contribution >= 0.6 is 0 Å². The van der Waals surface area contributed by atoms with Crippen LogP contribution in [-0.4, -0.2) is 183 Å². The Balaban J connectivity index is 0.000000110. The highest BCUT2D eigenvalue weighted by Crippen LogP contribution is 2.36. The molecule has 20 rings (SSSR count). The van der Waals surface area contributed by atoms with Crippen molar-refractivity contribution < 1.29 is 27.0 Å². The van der Waals surface area contributed by atoms with Crippen LogP contribution in [0.3, 0.4) is 0 Å². The highest BCUT2D eigenvalue weighted by atomic mass is 19.1. The van der Waals surface area contributed by atoms with Gasteiger partial charge in [-0.15, -0.1) is 0 Å². The molecule has 0 spiro atoms. The van der Waals surface area contributed by atoms with Gasteiger partial charge in [-0.2, -0.15) is 0 Å². The highest BCUT2D eigenvalue weighted by molar-refractivity contribution is 6.07. The molecule has 580 valence electrons. The fraction of sp³-hybridized carbons (Fsp3) is 0.247. The Labute approximate surface area is 648 Å². The smallest absolute Gasteiger partial charge is 0.280 e. The maximum absolute atomic E-state index is 15.4. The minimum Gasteiger partial charge on any atom is -0.497 e. The standard InChI is InChI=1S/C22H21F2N5O2.C22H23N5O.C21H20FN5O.C20H17FN4O2/c1-27-7-9-28(10-8-27)21-17(23)11-15-19-16(12-25-20(15)18(21)24)22(30)29(26-19)13-3-5-14(31-2)6-4-13;1-15-12-17-19(13-20(15)26-10-5-8-23-9-11-26)24-14-18-21(17)25-27(22(18)28)16-6-3-2-4-7-16;22-18-17(26-11-4-9-23-10-12-26)8-7-15-19-16(13-24-20(15)18)21(28)27(25-19)14-5-2-1-3-6-14;21-17-16(24-8-10-27-11-9-24)7-6-14-18-15(12-22-19(14)17)20(26)25(23-18)13-4-2-1-3-5-13/h3-6,11-12,26H,7-10H2,1-2H3;2-4,6-7,12-14,23,25H,5,8-11H2,1H3;1-3,5-8,13,23,25H,4,9-12H2;1-7,12,23H,8-11H2. The summed E-state index contributed by atoms with van der Waals surface area (Å²) in [5.41, 5.74) is 9.31. The molecule has 0 bridgehead atoms. The molecule has 114 heavy (non-hydrogen) atoms. The summed E-state index contributed by atoms with van der Waals surface area (Å²) in [4.78, 5) is 79.0. The van der Waals surface area contributed by atoms with E-state index in [0.717, 1.165) is 112 Å².